The molecule has 0 bridgehead atoms. The first-order valence-corrected chi connectivity index (χ1v) is 8.33. The number of anilines is 1. The van der Waals surface area contributed by atoms with E-state index in [1.54, 1.807) is 4.90 Å². The molecule has 4 heteroatoms. The maximum absolute atomic E-state index is 12.7. The Morgan fingerprint density at radius 1 is 1.00 bits per heavy atom. The molecule has 4 nitrogen and oxygen atoms in total. The minimum absolute atomic E-state index is 0.0177. The lowest BCUT2D eigenvalue weighted by Crippen LogP contribution is -2.39. The van der Waals surface area contributed by atoms with Crippen LogP contribution in [0.4, 0.5) is 5.69 Å². The lowest BCUT2D eigenvalue weighted by Gasteiger charge is -2.20. The molecule has 0 radical (unpaired) electrons. The first-order chi connectivity index (χ1) is 12.1. The molecule has 1 heterocycles. The Morgan fingerprint density at radius 2 is 1.72 bits per heavy atom. The molecule has 124 valence electrons. The molecule has 3 aromatic rings. The summed E-state index contributed by atoms with van der Waals surface area (Å²) in [6, 6.07) is 21.1. The van der Waals surface area contributed by atoms with Crippen LogP contribution in [0.1, 0.15) is 28.9 Å². The van der Waals surface area contributed by atoms with Crippen LogP contribution in [-0.4, -0.2) is 18.4 Å². The fourth-order valence-electron chi connectivity index (χ4n) is 3.39. The van der Waals surface area contributed by atoms with Gasteiger partial charge in [-0.3, -0.25) is 14.5 Å². The summed E-state index contributed by atoms with van der Waals surface area (Å²) in [7, 11) is 0. The fourth-order valence-corrected chi connectivity index (χ4v) is 3.39. The first kappa shape index (κ1) is 15.4. The normalized spacial score (nSPS) is 14.0. The second kappa shape index (κ2) is 6.06. The van der Waals surface area contributed by atoms with Gasteiger partial charge in [-0.2, -0.15) is 0 Å². The van der Waals surface area contributed by atoms with Gasteiger partial charge in [0.1, 0.15) is 6.54 Å². The van der Waals surface area contributed by atoms with Crippen molar-refractivity contribution in [3.63, 3.8) is 0 Å². The maximum atomic E-state index is 12.7. The molecule has 0 fully saturated rings. The zero-order valence-corrected chi connectivity index (χ0v) is 13.9. The SMILES string of the molecule is C[C@@H](NC(=O)CN1C(=O)c2cccc3cccc1c23)c1ccccc1. The molecular weight excluding hydrogens is 312 g/mol. The number of hydrogen-bond acceptors (Lipinski definition) is 2. The zero-order valence-electron chi connectivity index (χ0n) is 13.9. The third-order valence-corrected chi connectivity index (χ3v) is 4.63. The van der Waals surface area contributed by atoms with E-state index < -0.39 is 0 Å². The summed E-state index contributed by atoms with van der Waals surface area (Å²) < 4.78 is 0. The molecule has 3 aromatic carbocycles. The van der Waals surface area contributed by atoms with Crippen molar-refractivity contribution in [1.29, 1.82) is 0 Å². The van der Waals surface area contributed by atoms with Crippen molar-refractivity contribution >= 4 is 28.3 Å². The monoisotopic (exact) mass is 330 g/mol. The maximum Gasteiger partial charge on any atom is 0.259 e. The number of nitrogens with zero attached hydrogens (tertiary/aromatic N) is 1. The number of hydrogen-bond donors (Lipinski definition) is 1. The third kappa shape index (κ3) is 2.66. The Balaban J connectivity index is 1.55. The topological polar surface area (TPSA) is 49.4 Å². The average molecular weight is 330 g/mol. The van der Waals surface area contributed by atoms with Gasteiger partial charge in [0, 0.05) is 10.9 Å². The Hall–Kier alpha value is -3.14. The van der Waals surface area contributed by atoms with E-state index >= 15 is 0 Å². The van der Waals surface area contributed by atoms with E-state index in [-0.39, 0.29) is 24.4 Å². The van der Waals surface area contributed by atoms with Gasteiger partial charge in [-0.25, -0.2) is 0 Å². The van der Waals surface area contributed by atoms with Gasteiger partial charge < -0.3 is 5.32 Å². The van der Waals surface area contributed by atoms with Crippen molar-refractivity contribution in [3.8, 4) is 0 Å². The predicted octanol–water partition coefficient (Wildman–Crippen LogP) is 3.68. The van der Waals surface area contributed by atoms with Crippen LogP contribution in [0.3, 0.4) is 0 Å². The molecule has 0 saturated heterocycles. The number of amides is 2. The van der Waals surface area contributed by atoms with Gasteiger partial charge in [0.05, 0.1) is 11.7 Å². The number of benzene rings is 3. The number of carbonyl (C=O) groups excluding carboxylic acids is 2. The predicted molar refractivity (Wildman–Crippen MR) is 98.6 cm³/mol. The molecule has 2 amide bonds. The van der Waals surface area contributed by atoms with Gasteiger partial charge in [-0.05, 0) is 30.0 Å². The molecule has 25 heavy (non-hydrogen) atoms. The van der Waals surface area contributed by atoms with E-state index in [1.165, 1.54) is 0 Å². The Bertz CT molecular complexity index is 961. The summed E-state index contributed by atoms with van der Waals surface area (Å²) in [5.41, 5.74) is 2.51. The van der Waals surface area contributed by atoms with E-state index in [4.69, 9.17) is 0 Å². The molecule has 0 spiro atoms. The van der Waals surface area contributed by atoms with Crippen LogP contribution in [0, 0.1) is 0 Å². The standard InChI is InChI=1S/C21H18N2O2/c1-14(15-7-3-2-4-8-15)22-19(24)13-23-18-12-6-10-16-9-5-11-17(20(16)18)21(23)25/h2-12,14H,13H2,1H3,(H,22,24)/t14-/m1/s1. The second-order valence-corrected chi connectivity index (χ2v) is 6.27. The van der Waals surface area contributed by atoms with Crippen molar-refractivity contribution in [2.24, 2.45) is 0 Å². The highest BCUT2D eigenvalue weighted by molar-refractivity contribution is 6.26. The molecule has 4 rings (SSSR count). The summed E-state index contributed by atoms with van der Waals surface area (Å²) in [4.78, 5) is 26.8. The molecule has 0 aromatic heterocycles. The van der Waals surface area contributed by atoms with E-state index in [0.29, 0.717) is 5.56 Å². The quantitative estimate of drug-likeness (QED) is 0.793. The third-order valence-electron chi connectivity index (χ3n) is 4.63. The molecule has 1 N–H and O–H groups in total. The van der Waals surface area contributed by atoms with Crippen molar-refractivity contribution in [2.45, 2.75) is 13.0 Å². The van der Waals surface area contributed by atoms with E-state index in [0.717, 1.165) is 22.0 Å². The molecule has 1 aliphatic rings. The largest absolute Gasteiger partial charge is 0.348 e. The van der Waals surface area contributed by atoms with Crippen molar-refractivity contribution in [1.82, 2.24) is 5.32 Å². The molecule has 1 atom stereocenters. The molecule has 0 aliphatic carbocycles. The van der Waals surface area contributed by atoms with Crippen LogP contribution in [0.25, 0.3) is 10.8 Å². The Kier molecular flexibility index (Phi) is 3.73. The Labute approximate surface area is 146 Å². The van der Waals surface area contributed by atoms with Crippen molar-refractivity contribution < 1.29 is 9.59 Å². The van der Waals surface area contributed by atoms with Crippen LogP contribution in [0.5, 0.6) is 0 Å². The highest BCUT2D eigenvalue weighted by Gasteiger charge is 2.31. The van der Waals surface area contributed by atoms with Gasteiger partial charge in [-0.1, -0.05) is 54.6 Å². The molecule has 0 saturated carbocycles. The van der Waals surface area contributed by atoms with Crippen molar-refractivity contribution in [3.05, 3.63) is 77.9 Å². The van der Waals surface area contributed by atoms with Gasteiger partial charge in [0.25, 0.3) is 5.91 Å². The highest BCUT2D eigenvalue weighted by Crippen LogP contribution is 2.36. The zero-order chi connectivity index (χ0) is 17.4. The fraction of sp³-hybridized carbons (Fsp3) is 0.143. The molecule has 1 aliphatic heterocycles. The summed E-state index contributed by atoms with van der Waals surface area (Å²) in [6.07, 6.45) is 0. The Morgan fingerprint density at radius 3 is 2.48 bits per heavy atom. The van der Waals surface area contributed by atoms with Gasteiger partial charge in [0.15, 0.2) is 0 Å². The van der Waals surface area contributed by atoms with Gasteiger partial charge >= 0.3 is 0 Å². The molecule has 0 unspecified atom stereocenters. The lowest BCUT2D eigenvalue weighted by atomic mass is 10.1. The van der Waals surface area contributed by atoms with Gasteiger partial charge in [0.2, 0.25) is 5.91 Å². The van der Waals surface area contributed by atoms with Crippen LogP contribution >= 0.6 is 0 Å². The minimum atomic E-state index is -0.172. The van der Waals surface area contributed by atoms with E-state index in [9.17, 15) is 9.59 Å². The second-order valence-electron chi connectivity index (χ2n) is 6.27. The first-order valence-electron chi connectivity index (χ1n) is 8.33. The number of nitrogens with one attached hydrogen (secondary N) is 1. The summed E-state index contributed by atoms with van der Waals surface area (Å²) in [5.74, 6) is -0.288. The summed E-state index contributed by atoms with van der Waals surface area (Å²) in [5, 5.41) is 4.92. The number of rotatable bonds is 4. The van der Waals surface area contributed by atoms with E-state index in [2.05, 4.69) is 5.32 Å². The van der Waals surface area contributed by atoms with Crippen molar-refractivity contribution in [2.75, 3.05) is 11.4 Å². The van der Waals surface area contributed by atoms with Crippen LogP contribution in [0.15, 0.2) is 66.7 Å². The minimum Gasteiger partial charge on any atom is -0.348 e. The average Bonchev–Trinajstić information content (AvgIpc) is 2.90. The summed E-state index contributed by atoms with van der Waals surface area (Å²) in [6.45, 7) is 1.96. The van der Waals surface area contributed by atoms with Crippen LogP contribution < -0.4 is 10.2 Å². The highest BCUT2D eigenvalue weighted by atomic mass is 16.2. The van der Waals surface area contributed by atoms with Crippen LogP contribution in [-0.2, 0) is 4.79 Å². The smallest absolute Gasteiger partial charge is 0.259 e. The van der Waals surface area contributed by atoms with Crippen LogP contribution in [0.2, 0.25) is 0 Å². The van der Waals surface area contributed by atoms with Gasteiger partial charge in [-0.15, -0.1) is 0 Å². The molecular formula is C21H18N2O2. The lowest BCUT2D eigenvalue weighted by molar-refractivity contribution is -0.120. The summed E-state index contributed by atoms with van der Waals surface area (Å²) >= 11 is 0. The van der Waals surface area contributed by atoms with E-state index in [1.807, 2.05) is 73.7 Å². The number of carbonyl (C=O) groups is 2.